The van der Waals surface area contributed by atoms with E-state index in [1.165, 1.54) is 0 Å². The number of carbonyl (C=O) groups excluding carboxylic acids is 2. The second-order valence-electron chi connectivity index (χ2n) is 0.167. The molecular weight excluding hydrogens is 144 g/mol. The van der Waals surface area contributed by atoms with Gasteiger partial charge in [0.15, 0.2) is 0 Å². The van der Waals surface area contributed by atoms with E-state index in [1.54, 1.807) is 0 Å². The summed E-state index contributed by atoms with van der Waals surface area (Å²) in [6, 6.07) is 0. The molecule has 7 heavy (non-hydrogen) atoms. The van der Waals surface area contributed by atoms with Crippen molar-refractivity contribution in [1.29, 1.82) is 0 Å². The van der Waals surface area contributed by atoms with Gasteiger partial charge in [0, 0.05) is 0 Å². The Morgan fingerprint density at radius 1 is 1.00 bits per heavy atom. The Labute approximate surface area is 50.6 Å². The van der Waals surface area contributed by atoms with Crippen LogP contribution in [0.2, 0.25) is 0 Å². The van der Waals surface area contributed by atoms with Gasteiger partial charge in [-0.05, 0) is 0 Å². The fourth-order valence-electron chi connectivity index (χ4n) is 0. The molecule has 0 heterocycles. The maximum absolute atomic E-state index is 8.12. The van der Waals surface area contributed by atoms with E-state index in [-0.39, 0.29) is 30.0 Å². The van der Waals surface area contributed by atoms with Gasteiger partial charge in [-0.15, -0.1) is 0 Å². The van der Waals surface area contributed by atoms with Gasteiger partial charge in [-0.25, -0.2) is 0 Å². The molecule has 0 aliphatic rings. The molecule has 0 rings (SSSR count). The van der Waals surface area contributed by atoms with E-state index in [9.17, 15) is 0 Å². The summed E-state index contributed by atoms with van der Waals surface area (Å²) >= 11 is 0. The van der Waals surface area contributed by atoms with E-state index in [0.717, 1.165) is 0 Å². The molecule has 0 aromatic carbocycles. The molecule has 0 unspecified atom stereocenters. The van der Waals surface area contributed by atoms with Crippen LogP contribution in [-0.2, 0) is 26.7 Å². The standard InChI is InChI=1S/2CO2.Fe/c2*2-1-3;/q2*-1;+2. The van der Waals surface area contributed by atoms with Crippen LogP contribution in [0, 0.1) is 0 Å². The number of hydrogen-bond acceptors (Lipinski definition) is 4. The van der Waals surface area contributed by atoms with Crippen LogP contribution in [0.25, 0.3) is 0 Å². The minimum Gasteiger partial charge on any atom is -0.543 e. The van der Waals surface area contributed by atoms with Crippen molar-refractivity contribution in [3.05, 3.63) is 0 Å². The Kier molecular flexibility index (Phi) is 117. The molecule has 0 bridgehead atoms. The molecule has 0 aromatic rings. The summed E-state index contributed by atoms with van der Waals surface area (Å²) in [5.41, 5.74) is 0. The molecule has 0 fully saturated rings. The van der Waals surface area contributed by atoms with Crippen LogP contribution in [0.15, 0.2) is 0 Å². The largest absolute Gasteiger partial charge is 2.00 e. The molecule has 0 aliphatic heterocycles. The molecule has 5 heteroatoms. The predicted molar refractivity (Wildman–Crippen MR) is 11.4 cm³/mol. The van der Waals surface area contributed by atoms with Gasteiger partial charge in [0.2, 0.25) is 0 Å². The quantitative estimate of drug-likeness (QED) is 0.331. The van der Waals surface area contributed by atoms with Gasteiger partial charge < -0.3 is 19.8 Å². The number of rotatable bonds is 0. The zero-order chi connectivity index (χ0) is 5.41. The van der Waals surface area contributed by atoms with E-state index in [0.29, 0.717) is 0 Å². The summed E-state index contributed by atoms with van der Waals surface area (Å²) < 4.78 is 0. The monoisotopic (exact) mass is 144 g/mol. The average molecular weight is 144 g/mol. The van der Waals surface area contributed by atoms with Crippen molar-refractivity contribution in [2.45, 2.75) is 0 Å². The molecule has 0 atom stereocenters. The van der Waals surface area contributed by atoms with E-state index < -0.39 is 0 Å². The third-order valence-corrected chi connectivity index (χ3v) is 0. The summed E-state index contributed by atoms with van der Waals surface area (Å²) in [6.07, 6.45) is 0. The first-order valence-corrected chi connectivity index (χ1v) is 0.816. The molecule has 0 amide bonds. The summed E-state index contributed by atoms with van der Waals surface area (Å²) in [7, 11) is 0. The van der Waals surface area contributed by atoms with Crippen molar-refractivity contribution in [2.75, 3.05) is 0 Å². The van der Waals surface area contributed by atoms with Crippen molar-refractivity contribution in [3.8, 4) is 0 Å². The van der Waals surface area contributed by atoms with E-state index >= 15 is 0 Å². The van der Waals surface area contributed by atoms with Crippen molar-refractivity contribution in [3.63, 3.8) is 0 Å². The van der Waals surface area contributed by atoms with E-state index in [2.05, 4.69) is 0 Å². The summed E-state index contributed by atoms with van der Waals surface area (Å²) in [5.74, 6) is 0. The smallest absolute Gasteiger partial charge is 0.543 e. The molecule has 0 aliphatic carbocycles. The van der Waals surface area contributed by atoms with Crippen molar-refractivity contribution in [2.24, 2.45) is 0 Å². The Morgan fingerprint density at radius 2 is 1.00 bits per heavy atom. The molecule has 4 nitrogen and oxygen atoms in total. The first kappa shape index (κ1) is 16.1. The molecule has 0 spiro atoms. The third kappa shape index (κ3) is 224. The van der Waals surface area contributed by atoms with Gasteiger partial charge in [-0.3, -0.25) is 0 Å². The third-order valence-electron chi connectivity index (χ3n) is 0. The van der Waals surface area contributed by atoms with Gasteiger partial charge in [-0.1, -0.05) is 0 Å². The molecule has 0 saturated heterocycles. The Balaban J connectivity index is -0.0000000400. The molecule has 0 N–H and O–H groups in total. The minimum absolute atomic E-state index is 0. The molecular formula is C2FeO4. The van der Waals surface area contributed by atoms with Crippen LogP contribution in [0.5, 0.6) is 0 Å². The zero-order valence-electron chi connectivity index (χ0n) is 2.99. The first-order chi connectivity index (χ1) is 2.83. The maximum Gasteiger partial charge on any atom is 2.00 e. The molecule has 0 aromatic heterocycles. The Bertz CT molecular complexity index is 30.7. The summed E-state index contributed by atoms with van der Waals surface area (Å²) in [5, 5.41) is 16.2. The SMILES string of the molecule is O=[C][O-].O=[C][O-].[Fe+2]. The predicted octanol–water partition coefficient (Wildman–Crippen LogP) is -3.45. The summed E-state index contributed by atoms with van der Waals surface area (Å²) in [6.45, 7) is 0.500. The van der Waals surface area contributed by atoms with Gasteiger partial charge in [-0.2, -0.15) is 0 Å². The van der Waals surface area contributed by atoms with Crippen LogP contribution >= 0.6 is 0 Å². The normalized spacial score (nSPS) is 3.43. The first-order valence-electron chi connectivity index (χ1n) is 0.816. The van der Waals surface area contributed by atoms with Gasteiger partial charge in [0.1, 0.15) is 0 Å². The number of hydrogen-bond donors (Lipinski definition) is 0. The molecule has 2 radical (unpaired) electrons. The minimum atomic E-state index is 0. The van der Waals surface area contributed by atoms with Crippen LogP contribution in [0.1, 0.15) is 0 Å². The van der Waals surface area contributed by atoms with Crippen LogP contribution in [0.4, 0.5) is 0 Å². The summed E-state index contributed by atoms with van der Waals surface area (Å²) in [4.78, 5) is 16.2. The van der Waals surface area contributed by atoms with Gasteiger partial charge >= 0.3 is 17.1 Å². The Morgan fingerprint density at radius 3 is 1.00 bits per heavy atom. The van der Waals surface area contributed by atoms with Gasteiger partial charge in [0.25, 0.3) is 0 Å². The van der Waals surface area contributed by atoms with Gasteiger partial charge in [0.05, 0.1) is 12.9 Å². The zero-order valence-corrected chi connectivity index (χ0v) is 4.09. The Hall–Kier alpha value is -0.541. The second kappa shape index (κ2) is 51.0. The topological polar surface area (TPSA) is 80.3 Å². The molecule has 0 saturated carbocycles. The second-order valence-corrected chi connectivity index (χ2v) is 0.167. The average Bonchev–Trinajstić information content (AvgIpc) is 1.39. The fraction of sp³-hybridized carbons (Fsp3) is 0. The van der Waals surface area contributed by atoms with Crippen LogP contribution in [-0.4, -0.2) is 12.9 Å². The van der Waals surface area contributed by atoms with Crippen molar-refractivity contribution in [1.82, 2.24) is 0 Å². The fourth-order valence-corrected chi connectivity index (χ4v) is 0. The molecule has 40 valence electrons. The van der Waals surface area contributed by atoms with Crippen LogP contribution < -0.4 is 10.2 Å². The van der Waals surface area contributed by atoms with Crippen LogP contribution in [0.3, 0.4) is 0 Å². The van der Waals surface area contributed by atoms with Crippen molar-refractivity contribution < 1.29 is 36.9 Å². The van der Waals surface area contributed by atoms with Crippen molar-refractivity contribution >= 4 is 12.9 Å². The van der Waals surface area contributed by atoms with E-state index in [1.807, 2.05) is 0 Å². The maximum atomic E-state index is 8.12. The van der Waals surface area contributed by atoms with E-state index in [4.69, 9.17) is 19.8 Å².